The molecule has 0 aliphatic carbocycles. The maximum Gasteiger partial charge on any atom is 0.495 e. The normalized spacial score (nSPS) is 11.1. The van der Waals surface area contributed by atoms with E-state index in [1.165, 1.54) is 36.7 Å². The molecule has 9 heteroatoms. The third kappa shape index (κ3) is 3.67. The van der Waals surface area contributed by atoms with Crippen LogP contribution >= 0.6 is 0 Å². The second-order valence-electron chi connectivity index (χ2n) is 5.38. The fraction of sp³-hybridized carbons (Fsp3) is 0.0588. The number of aromatic amines is 1. The second-order valence-corrected chi connectivity index (χ2v) is 7.33. The molecule has 0 aliphatic rings. The minimum absolute atomic E-state index is 0.0749. The highest BCUT2D eigenvalue weighted by molar-refractivity contribution is 7.91. The van der Waals surface area contributed by atoms with Crippen molar-refractivity contribution in [3.63, 3.8) is 0 Å². The van der Waals surface area contributed by atoms with Crippen LogP contribution < -0.4 is 5.32 Å². The van der Waals surface area contributed by atoms with Crippen LogP contribution in [0, 0.1) is 0 Å². The zero-order valence-corrected chi connectivity index (χ0v) is 14.5. The molecule has 0 bridgehead atoms. The highest BCUT2D eigenvalue weighted by Gasteiger charge is 2.20. The second kappa shape index (κ2) is 7.28. The van der Waals surface area contributed by atoms with Crippen molar-refractivity contribution >= 4 is 28.3 Å². The number of amides is 2. The average Bonchev–Trinajstić information content (AvgIpc) is 3.22. The van der Waals surface area contributed by atoms with Crippen molar-refractivity contribution in [2.75, 3.05) is 0 Å². The molecule has 0 fully saturated rings. The molecule has 0 atom stereocenters. The van der Waals surface area contributed by atoms with Gasteiger partial charge in [-0.25, -0.2) is 13.7 Å². The third-order valence-corrected chi connectivity index (χ3v) is 5.39. The number of carbonyl (C=O) groups excluding carboxylic acids is 1. The Labute approximate surface area is 150 Å². The highest BCUT2D eigenvalue weighted by atomic mass is 32.2. The van der Waals surface area contributed by atoms with Crippen molar-refractivity contribution in [2.45, 2.75) is 16.3 Å². The van der Waals surface area contributed by atoms with Crippen molar-refractivity contribution in [1.82, 2.24) is 20.5 Å². The van der Waals surface area contributed by atoms with E-state index in [-0.39, 0.29) is 9.79 Å². The summed E-state index contributed by atoms with van der Waals surface area (Å²) in [6.45, 7) is 4.01. The fourth-order valence-electron chi connectivity index (χ4n) is 2.22. The molecule has 26 heavy (non-hydrogen) atoms. The monoisotopic (exact) mass is 370 g/mol. The van der Waals surface area contributed by atoms with E-state index in [1.54, 1.807) is 18.5 Å². The molecule has 0 unspecified atom stereocenters. The zero-order valence-electron chi connectivity index (χ0n) is 13.7. The van der Waals surface area contributed by atoms with Crippen LogP contribution in [-0.2, 0) is 16.4 Å². The van der Waals surface area contributed by atoms with Crippen molar-refractivity contribution in [2.24, 2.45) is 0 Å². The summed E-state index contributed by atoms with van der Waals surface area (Å²) in [6.07, 6.45) is 5.85. The van der Waals surface area contributed by atoms with Gasteiger partial charge in [0.2, 0.25) is 9.84 Å². The van der Waals surface area contributed by atoms with Gasteiger partial charge in [-0.2, -0.15) is 14.5 Å². The van der Waals surface area contributed by atoms with Crippen LogP contribution in [0.25, 0.3) is 0 Å². The van der Waals surface area contributed by atoms with E-state index in [2.05, 4.69) is 27.2 Å². The molecule has 0 saturated carbocycles. The SMILES string of the molecule is C=[N+](C(=O)NCc1cccnc1)c1ccc(S(=O)(=O)c2cn[nH]c2)cc1. The fourth-order valence-corrected chi connectivity index (χ4v) is 3.39. The molecule has 1 aromatic carbocycles. The molecule has 0 saturated heterocycles. The first-order valence-electron chi connectivity index (χ1n) is 7.60. The number of pyridine rings is 1. The molecule has 2 N–H and O–H groups in total. The summed E-state index contributed by atoms with van der Waals surface area (Å²) < 4.78 is 25.9. The van der Waals surface area contributed by atoms with E-state index in [1.807, 2.05) is 6.07 Å². The Morgan fingerprint density at radius 2 is 1.92 bits per heavy atom. The molecule has 2 amide bonds. The number of aromatic nitrogens is 3. The average molecular weight is 370 g/mol. The van der Waals surface area contributed by atoms with Gasteiger partial charge >= 0.3 is 6.03 Å². The Morgan fingerprint density at radius 1 is 1.15 bits per heavy atom. The lowest BCUT2D eigenvalue weighted by Crippen LogP contribution is -2.29. The summed E-state index contributed by atoms with van der Waals surface area (Å²) in [5.74, 6) is 0. The largest absolute Gasteiger partial charge is 0.495 e. The van der Waals surface area contributed by atoms with Crippen molar-refractivity contribution < 1.29 is 17.8 Å². The number of urea groups is 1. The minimum atomic E-state index is -3.64. The number of carbonyl (C=O) groups is 1. The lowest BCUT2D eigenvalue weighted by Gasteiger charge is -2.05. The highest BCUT2D eigenvalue weighted by Crippen LogP contribution is 2.22. The molecule has 0 aliphatic heterocycles. The summed E-state index contributed by atoms with van der Waals surface area (Å²) in [5.41, 5.74) is 1.32. The van der Waals surface area contributed by atoms with Gasteiger partial charge in [0, 0.05) is 24.2 Å². The molecule has 0 radical (unpaired) electrons. The van der Waals surface area contributed by atoms with Crippen LogP contribution in [0.1, 0.15) is 5.56 Å². The molecule has 2 aromatic heterocycles. The van der Waals surface area contributed by atoms with Gasteiger partial charge in [0.15, 0.2) is 0 Å². The van der Waals surface area contributed by atoms with Gasteiger partial charge in [-0.1, -0.05) is 6.07 Å². The molecular weight excluding hydrogens is 354 g/mol. The number of hydrogen-bond acceptors (Lipinski definition) is 5. The van der Waals surface area contributed by atoms with E-state index in [0.29, 0.717) is 12.2 Å². The Kier molecular flexibility index (Phi) is 4.90. The van der Waals surface area contributed by atoms with E-state index < -0.39 is 15.9 Å². The number of H-pyrrole nitrogens is 1. The van der Waals surface area contributed by atoms with Gasteiger partial charge in [0.1, 0.15) is 17.1 Å². The predicted molar refractivity (Wildman–Crippen MR) is 94.0 cm³/mol. The summed E-state index contributed by atoms with van der Waals surface area (Å²) in [4.78, 5) is 16.3. The summed E-state index contributed by atoms with van der Waals surface area (Å²) in [7, 11) is -3.64. The Hall–Kier alpha value is -3.33. The first-order chi connectivity index (χ1) is 12.5. The quantitative estimate of drug-likeness (QED) is 0.527. The molecule has 0 spiro atoms. The van der Waals surface area contributed by atoms with Gasteiger partial charge < -0.3 is 0 Å². The lowest BCUT2D eigenvalue weighted by molar-refractivity contribution is -0.323. The van der Waals surface area contributed by atoms with Crippen molar-refractivity contribution in [3.8, 4) is 0 Å². The van der Waals surface area contributed by atoms with Crippen LogP contribution in [0.15, 0.2) is 71.0 Å². The van der Waals surface area contributed by atoms with E-state index in [4.69, 9.17) is 0 Å². The Morgan fingerprint density at radius 3 is 2.54 bits per heavy atom. The molecule has 3 aromatic rings. The standard InChI is InChI=1S/C17H15N5O3S/c1-22(17(23)19-10-13-3-2-8-18-9-13)14-4-6-15(7-5-14)26(24,25)16-11-20-21-12-16/h2-9,11-12H,1,10H2,(H-,19,20,21,23)/p+1. The molecule has 2 heterocycles. The van der Waals surface area contributed by atoms with Crippen molar-refractivity contribution in [3.05, 3.63) is 66.7 Å². The maximum absolute atomic E-state index is 12.4. The van der Waals surface area contributed by atoms with Crippen LogP contribution in [0.5, 0.6) is 0 Å². The number of rotatable bonds is 5. The first kappa shape index (κ1) is 17.5. The van der Waals surface area contributed by atoms with Crippen LogP contribution in [0.3, 0.4) is 0 Å². The minimum Gasteiger partial charge on any atom is -0.284 e. The third-order valence-electron chi connectivity index (χ3n) is 3.65. The molecule has 8 nitrogen and oxygen atoms in total. The Balaban J connectivity index is 1.70. The lowest BCUT2D eigenvalue weighted by atomic mass is 10.3. The Bertz CT molecular complexity index is 1010. The number of sulfone groups is 1. The summed E-state index contributed by atoms with van der Waals surface area (Å²) >= 11 is 0. The van der Waals surface area contributed by atoms with E-state index in [9.17, 15) is 13.2 Å². The topological polar surface area (TPSA) is 108 Å². The summed E-state index contributed by atoms with van der Waals surface area (Å²) in [6, 6.07) is 9.08. The van der Waals surface area contributed by atoms with Gasteiger partial charge in [0.25, 0.3) is 0 Å². The number of benzene rings is 1. The van der Waals surface area contributed by atoms with Gasteiger partial charge in [-0.05, 0) is 30.3 Å². The number of nitrogens with zero attached hydrogens (tertiary/aromatic N) is 3. The zero-order chi connectivity index (χ0) is 18.6. The summed E-state index contributed by atoms with van der Waals surface area (Å²) in [5, 5.41) is 8.84. The number of hydrogen-bond donors (Lipinski definition) is 2. The molecule has 132 valence electrons. The van der Waals surface area contributed by atoms with Crippen LogP contribution in [0.4, 0.5) is 10.5 Å². The van der Waals surface area contributed by atoms with Gasteiger partial charge in [-0.15, -0.1) is 0 Å². The van der Waals surface area contributed by atoms with E-state index in [0.717, 1.165) is 10.1 Å². The van der Waals surface area contributed by atoms with Crippen LogP contribution in [0.2, 0.25) is 0 Å². The smallest absolute Gasteiger partial charge is 0.284 e. The van der Waals surface area contributed by atoms with Gasteiger partial charge in [0.05, 0.1) is 17.8 Å². The van der Waals surface area contributed by atoms with Gasteiger partial charge in [-0.3, -0.25) is 10.1 Å². The number of nitrogens with one attached hydrogen (secondary N) is 2. The van der Waals surface area contributed by atoms with E-state index >= 15 is 0 Å². The first-order valence-corrected chi connectivity index (χ1v) is 9.08. The predicted octanol–water partition coefficient (Wildman–Crippen LogP) is 1.89. The van der Waals surface area contributed by atoms with Crippen molar-refractivity contribution in [1.29, 1.82) is 0 Å². The van der Waals surface area contributed by atoms with Crippen LogP contribution in [-0.4, -0.2) is 40.9 Å². The molecule has 3 rings (SSSR count). The molecular formula is C17H16N5O3S+. The maximum atomic E-state index is 12.4.